The van der Waals surface area contributed by atoms with Crippen LogP contribution in [0.4, 0.5) is 0 Å². The van der Waals surface area contributed by atoms with Crippen LogP contribution in [0.25, 0.3) is 22.9 Å². The van der Waals surface area contributed by atoms with Crippen molar-refractivity contribution in [1.82, 2.24) is 0 Å². The average molecular weight is 276 g/mol. The van der Waals surface area contributed by atoms with Gasteiger partial charge in [-0.15, -0.1) is 0 Å². The van der Waals surface area contributed by atoms with Crippen LogP contribution >= 0.6 is 0 Å². The van der Waals surface area contributed by atoms with Crippen LogP contribution in [-0.4, -0.2) is 0 Å². The van der Waals surface area contributed by atoms with Crippen LogP contribution in [0.2, 0.25) is 0 Å². The van der Waals surface area contributed by atoms with Gasteiger partial charge in [0.2, 0.25) is 0 Å². The monoisotopic (exact) mass is 274 g/mol. The van der Waals surface area contributed by atoms with E-state index in [2.05, 4.69) is 62.4 Å². The third-order valence-electron chi connectivity index (χ3n) is 2.41. The first-order chi connectivity index (χ1) is 7.95. The zero-order valence-corrected chi connectivity index (χ0v) is 13.7. The van der Waals surface area contributed by atoms with E-state index in [1.54, 1.807) is 13.8 Å². The van der Waals surface area contributed by atoms with Crippen LogP contribution in [0.15, 0.2) is 36.4 Å². The summed E-state index contributed by atoms with van der Waals surface area (Å²) in [5, 5.41) is 2.75. The van der Waals surface area contributed by atoms with Gasteiger partial charge in [-0.3, -0.25) is 0 Å². The van der Waals surface area contributed by atoms with Gasteiger partial charge in [-0.05, 0) is 21.9 Å². The second kappa shape index (κ2) is 8.20. The summed E-state index contributed by atoms with van der Waals surface area (Å²) in [5.74, 6) is 0. The molecular formula is C16H18Zn. The standard InChI is InChI=1S/C12H8.2C2H5.Zn/c1-3-9-4-2-6-11-8-7-10(5-1)12(9)11;2*1-2;/h1-8H;2*1H2,2H3;/q;2*-1;+2. The molecule has 0 atom stereocenters. The Hall–Kier alpha value is -0.937. The van der Waals surface area contributed by atoms with Crippen LogP contribution in [0, 0.1) is 13.8 Å². The first-order valence-electron chi connectivity index (χ1n) is 5.56. The SMILES string of the molecule is C1=Cc2cccc3cccc1c23.[CH2-]C.[CH2-]C.[Zn+2]. The fourth-order valence-corrected chi connectivity index (χ4v) is 1.86. The Morgan fingerprint density at radius 2 is 1.12 bits per heavy atom. The van der Waals surface area contributed by atoms with Crippen molar-refractivity contribution in [2.75, 3.05) is 0 Å². The van der Waals surface area contributed by atoms with Crippen molar-refractivity contribution >= 4 is 22.9 Å². The first-order valence-corrected chi connectivity index (χ1v) is 5.56. The molecule has 0 fully saturated rings. The molecule has 0 nitrogen and oxygen atoms in total. The predicted octanol–water partition coefficient (Wildman–Crippen LogP) is 5.00. The second-order valence-electron chi connectivity index (χ2n) is 3.13. The van der Waals surface area contributed by atoms with Crippen LogP contribution in [0.3, 0.4) is 0 Å². The van der Waals surface area contributed by atoms with E-state index in [4.69, 9.17) is 0 Å². The van der Waals surface area contributed by atoms with E-state index in [0.29, 0.717) is 0 Å². The summed E-state index contributed by atoms with van der Waals surface area (Å²) in [7, 11) is 0. The van der Waals surface area contributed by atoms with Gasteiger partial charge in [-0.2, -0.15) is 13.8 Å². The summed E-state index contributed by atoms with van der Waals surface area (Å²) in [5.41, 5.74) is 2.70. The Morgan fingerprint density at radius 3 is 1.53 bits per heavy atom. The molecule has 0 bridgehead atoms. The first kappa shape index (κ1) is 16.1. The third-order valence-corrected chi connectivity index (χ3v) is 2.41. The molecule has 2 aromatic rings. The number of hydrogen-bond acceptors (Lipinski definition) is 0. The van der Waals surface area contributed by atoms with Gasteiger partial charge in [0, 0.05) is 0 Å². The fourth-order valence-electron chi connectivity index (χ4n) is 1.86. The summed E-state index contributed by atoms with van der Waals surface area (Å²) >= 11 is 0. The van der Waals surface area contributed by atoms with Gasteiger partial charge in [-0.1, -0.05) is 48.6 Å². The Kier molecular flexibility index (Phi) is 7.75. The van der Waals surface area contributed by atoms with Crippen molar-refractivity contribution < 1.29 is 19.5 Å². The Labute approximate surface area is 118 Å². The van der Waals surface area contributed by atoms with E-state index in [1.807, 2.05) is 0 Å². The minimum Gasteiger partial charge on any atom is -0.346 e. The molecule has 1 heteroatoms. The summed E-state index contributed by atoms with van der Waals surface area (Å²) in [4.78, 5) is 0. The number of rotatable bonds is 0. The molecule has 0 aliphatic heterocycles. The maximum absolute atomic E-state index is 3.25. The number of hydrogen-bond donors (Lipinski definition) is 0. The molecule has 0 radical (unpaired) electrons. The van der Waals surface area contributed by atoms with Crippen LogP contribution in [-0.2, 0) is 19.5 Å². The quantitative estimate of drug-likeness (QED) is 0.400. The van der Waals surface area contributed by atoms with Gasteiger partial charge >= 0.3 is 19.5 Å². The number of benzene rings is 2. The van der Waals surface area contributed by atoms with E-state index < -0.39 is 0 Å². The summed E-state index contributed by atoms with van der Waals surface area (Å²) in [6, 6.07) is 12.9. The molecule has 0 saturated heterocycles. The molecule has 3 rings (SSSR count). The molecule has 17 heavy (non-hydrogen) atoms. The van der Waals surface area contributed by atoms with E-state index in [-0.39, 0.29) is 19.5 Å². The maximum atomic E-state index is 3.25. The molecule has 1 aliphatic carbocycles. The van der Waals surface area contributed by atoms with Crippen LogP contribution in [0.1, 0.15) is 25.0 Å². The van der Waals surface area contributed by atoms with E-state index in [9.17, 15) is 0 Å². The predicted molar refractivity (Wildman–Crippen MR) is 74.9 cm³/mol. The second-order valence-corrected chi connectivity index (χ2v) is 3.13. The van der Waals surface area contributed by atoms with Crippen molar-refractivity contribution in [2.45, 2.75) is 13.8 Å². The van der Waals surface area contributed by atoms with Gasteiger partial charge in [0.05, 0.1) is 0 Å². The molecule has 0 aromatic heterocycles. The third kappa shape index (κ3) is 3.26. The van der Waals surface area contributed by atoms with Gasteiger partial charge in [0.1, 0.15) is 0 Å². The summed E-state index contributed by atoms with van der Waals surface area (Å²) in [6.07, 6.45) is 4.36. The molecule has 0 amide bonds. The normalized spacial score (nSPS) is 9.65. The molecule has 0 heterocycles. The molecule has 84 valence electrons. The van der Waals surface area contributed by atoms with Crippen molar-refractivity contribution in [3.63, 3.8) is 0 Å². The van der Waals surface area contributed by atoms with Gasteiger partial charge in [-0.25, -0.2) is 0 Å². The van der Waals surface area contributed by atoms with Gasteiger partial charge in [0.15, 0.2) is 0 Å². The van der Waals surface area contributed by atoms with Crippen molar-refractivity contribution in [2.24, 2.45) is 0 Å². The molecule has 0 saturated carbocycles. The Bertz CT molecular complexity index is 443. The smallest absolute Gasteiger partial charge is 0.346 e. The van der Waals surface area contributed by atoms with E-state index >= 15 is 0 Å². The van der Waals surface area contributed by atoms with E-state index in [0.717, 1.165) is 0 Å². The average Bonchev–Trinajstić information content (AvgIpc) is 2.81. The van der Waals surface area contributed by atoms with Crippen LogP contribution < -0.4 is 0 Å². The summed E-state index contributed by atoms with van der Waals surface area (Å²) < 4.78 is 0. The fraction of sp³-hybridized carbons (Fsp3) is 0.125. The molecule has 0 spiro atoms. The molecule has 0 N–H and O–H groups in total. The largest absolute Gasteiger partial charge is 2.00 e. The minimum absolute atomic E-state index is 0. The van der Waals surface area contributed by atoms with Gasteiger partial charge < -0.3 is 13.8 Å². The van der Waals surface area contributed by atoms with Crippen molar-refractivity contribution in [1.29, 1.82) is 0 Å². The molecular weight excluding hydrogens is 258 g/mol. The molecule has 1 aliphatic rings. The topological polar surface area (TPSA) is 0 Å². The summed E-state index contributed by atoms with van der Waals surface area (Å²) in [6.45, 7) is 10.0. The molecule has 2 aromatic carbocycles. The van der Waals surface area contributed by atoms with E-state index in [1.165, 1.54) is 21.9 Å². The maximum Gasteiger partial charge on any atom is 2.00 e. The van der Waals surface area contributed by atoms with Crippen molar-refractivity contribution in [3.8, 4) is 0 Å². The minimum atomic E-state index is 0. The molecule has 0 unspecified atom stereocenters. The Balaban J connectivity index is 0.000000469. The van der Waals surface area contributed by atoms with Crippen molar-refractivity contribution in [3.05, 3.63) is 61.4 Å². The van der Waals surface area contributed by atoms with Crippen LogP contribution in [0.5, 0.6) is 0 Å². The zero-order chi connectivity index (χ0) is 12.0. The Morgan fingerprint density at radius 1 is 0.706 bits per heavy atom. The zero-order valence-electron chi connectivity index (χ0n) is 10.7. The van der Waals surface area contributed by atoms with Gasteiger partial charge in [0.25, 0.3) is 0 Å².